The van der Waals surface area contributed by atoms with Crippen molar-refractivity contribution in [2.45, 2.75) is 32.9 Å². The Labute approximate surface area is 217 Å². The van der Waals surface area contributed by atoms with Gasteiger partial charge in [-0.2, -0.15) is 0 Å². The molecule has 0 N–H and O–H groups in total. The highest BCUT2D eigenvalue weighted by atomic mass is 32.1. The summed E-state index contributed by atoms with van der Waals surface area (Å²) in [6, 6.07) is 16.7. The molecule has 0 radical (unpaired) electrons. The van der Waals surface area contributed by atoms with E-state index in [1.807, 2.05) is 60.5 Å². The van der Waals surface area contributed by atoms with Gasteiger partial charge in [0.15, 0.2) is 11.5 Å². The number of ether oxygens (including phenoxy) is 3. The standard InChI is InChI=1S/C28H34N2O5S/c1-20(2)30(28(32)23-10-6-7-11-24(23)33-3)19-27(31)29(18-22-9-8-16-36-22)15-14-21-12-13-25(34-4)26(17-21)35-5/h6-13,16-17,20H,14-15,18-19H2,1-5H3. The summed E-state index contributed by atoms with van der Waals surface area (Å²) in [6.07, 6.45) is 0.638. The summed E-state index contributed by atoms with van der Waals surface area (Å²) in [5.74, 6) is 1.46. The number of carbonyl (C=O) groups is 2. The average molecular weight is 511 g/mol. The number of amides is 2. The van der Waals surface area contributed by atoms with E-state index in [1.165, 1.54) is 7.11 Å². The van der Waals surface area contributed by atoms with Gasteiger partial charge in [0.2, 0.25) is 5.91 Å². The molecule has 2 aromatic carbocycles. The first-order valence-electron chi connectivity index (χ1n) is 11.8. The average Bonchev–Trinajstić information content (AvgIpc) is 3.41. The third-order valence-electron chi connectivity index (χ3n) is 5.93. The van der Waals surface area contributed by atoms with E-state index in [1.54, 1.807) is 48.7 Å². The van der Waals surface area contributed by atoms with Gasteiger partial charge < -0.3 is 24.0 Å². The van der Waals surface area contributed by atoms with Crippen LogP contribution < -0.4 is 14.2 Å². The summed E-state index contributed by atoms with van der Waals surface area (Å²) < 4.78 is 16.1. The zero-order valence-electron chi connectivity index (χ0n) is 21.5. The summed E-state index contributed by atoms with van der Waals surface area (Å²) >= 11 is 1.61. The van der Waals surface area contributed by atoms with Crippen LogP contribution in [-0.2, 0) is 17.8 Å². The molecule has 36 heavy (non-hydrogen) atoms. The van der Waals surface area contributed by atoms with E-state index in [9.17, 15) is 9.59 Å². The summed E-state index contributed by atoms with van der Waals surface area (Å²) in [5, 5.41) is 2.00. The molecule has 0 aliphatic rings. The molecule has 0 spiro atoms. The zero-order valence-corrected chi connectivity index (χ0v) is 22.3. The molecule has 1 aromatic heterocycles. The first-order valence-corrected chi connectivity index (χ1v) is 12.7. The lowest BCUT2D eigenvalue weighted by atomic mass is 10.1. The molecule has 3 rings (SSSR count). The first kappa shape index (κ1) is 27.1. The molecule has 0 fully saturated rings. The number of rotatable bonds is 12. The van der Waals surface area contributed by atoms with Crippen LogP contribution in [0.5, 0.6) is 17.2 Å². The lowest BCUT2D eigenvalue weighted by Gasteiger charge is -2.30. The third kappa shape index (κ3) is 6.79. The predicted molar refractivity (Wildman–Crippen MR) is 142 cm³/mol. The van der Waals surface area contributed by atoms with E-state index in [2.05, 4.69) is 0 Å². The highest BCUT2D eigenvalue weighted by Crippen LogP contribution is 2.28. The fourth-order valence-electron chi connectivity index (χ4n) is 3.89. The maximum atomic E-state index is 13.6. The van der Waals surface area contributed by atoms with Crippen LogP contribution in [0, 0.1) is 0 Å². The van der Waals surface area contributed by atoms with Gasteiger partial charge in [-0.1, -0.05) is 24.3 Å². The van der Waals surface area contributed by atoms with Crippen LogP contribution in [-0.4, -0.2) is 62.1 Å². The normalized spacial score (nSPS) is 10.7. The molecule has 0 bridgehead atoms. The van der Waals surface area contributed by atoms with Gasteiger partial charge in [-0.05, 0) is 61.5 Å². The van der Waals surface area contributed by atoms with Crippen LogP contribution in [0.1, 0.15) is 34.6 Å². The topological polar surface area (TPSA) is 68.3 Å². The maximum absolute atomic E-state index is 13.6. The minimum Gasteiger partial charge on any atom is -0.496 e. The third-order valence-corrected chi connectivity index (χ3v) is 6.79. The van der Waals surface area contributed by atoms with Gasteiger partial charge in [-0.3, -0.25) is 9.59 Å². The molecular weight excluding hydrogens is 476 g/mol. The van der Waals surface area contributed by atoms with E-state index in [-0.39, 0.29) is 24.4 Å². The van der Waals surface area contributed by atoms with Crippen molar-refractivity contribution >= 4 is 23.2 Å². The molecule has 7 nitrogen and oxygen atoms in total. The van der Waals surface area contributed by atoms with Crippen molar-refractivity contribution in [1.82, 2.24) is 9.80 Å². The minimum atomic E-state index is -0.230. The van der Waals surface area contributed by atoms with E-state index in [0.717, 1.165) is 10.4 Å². The summed E-state index contributed by atoms with van der Waals surface area (Å²) in [4.78, 5) is 31.5. The van der Waals surface area contributed by atoms with Gasteiger partial charge >= 0.3 is 0 Å². The number of carbonyl (C=O) groups excluding carboxylic acids is 2. The Balaban J connectivity index is 1.79. The molecular formula is C28H34N2O5S. The van der Waals surface area contributed by atoms with Gasteiger partial charge in [0.25, 0.3) is 5.91 Å². The Bertz CT molecular complexity index is 1150. The number of hydrogen-bond donors (Lipinski definition) is 0. The van der Waals surface area contributed by atoms with E-state index >= 15 is 0 Å². The Hall–Kier alpha value is -3.52. The molecule has 192 valence electrons. The van der Waals surface area contributed by atoms with Crippen LogP contribution in [0.4, 0.5) is 0 Å². The minimum absolute atomic E-state index is 0.0220. The van der Waals surface area contributed by atoms with Crippen LogP contribution in [0.3, 0.4) is 0 Å². The Morgan fingerprint density at radius 2 is 1.61 bits per heavy atom. The van der Waals surface area contributed by atoms with Gasteiger partial charge in [-0.25, -0.2) is 0 Å². The second-order valence-electron chi connectivity index (χ2n) is 8.56. The predicted octanol–water partition coefficient (Wildman–Crippen LogP) is 4.90. The Morgan fingerprint density at radius 1 is 0.889 bits per heavy atom. The van der Waals surface area contributed by atoms with Gasteiger partial charge in [0.05, 0.1) is 33.4 Å². The summed E-state index contributed by atoms with van der Waals surface area (Å²) in [7, 11) is 4.74. The van der Waals surface area contributed by atoms with Gasteiger partial charge in [-0.15, -0.1) is 11.3 Å². The number of methoxy groups -OCH3 is 3. The molecule has 0 aliphatic heterocycles. The first-order chi connectivity index (χ1) is 17.4. The lowest BCUT2D eigenvalue weighted by molar-refractivity contribution is -0.132. The second kappa shape index (κ2) is 13.0. The number of hydrogen-bond acceptors (Lipinski definition) is 6. The molecule has 0 aliphatic carbocycles. The van der Waals surface area contributed by atoms with E-state index in [0.29, 0.717) is 42.3 Å². The monoisotopic (exact) mass is 510 g/mol. The Kier molecular flexibility index (Phi) is 9.76. The van der Waals surface area contributed by atoms with Crippen LogP contribution in [0.15, 0.2) is 60.0 Å². The van der Waals surface area contributed by atoms with Crippen molar-refractivity contribution in [1.29, 1.82) is 0 Å². The molecule has 8 heteroatoms. The number of para-hydroxylation sites is 1. The van der Waals surface area contributed by atoms with Gasteiger partial charge in [0, 0.05) is 17.5 Å². The van der Waals surface area contributed by atoms with Crippen LogP contribution >= 0.6 is 11.3 Å². The molecule has 0 saturated carbocycles. The molecule has 1 heterocycles. The molecule has 3 aromatic rings. The smallest absolute Gasteiger partial charge is 0.258 e. The van der Waals surface area contributed by atoms with Crippen molar-refractivity contribution in [3.8, 4) is 17.2 Å². The molecule has 2 amide bonds. The second-order valence-corrected chi connectivity index (χ2v) is 9.59. The highest BCUT2D eigenvalue weighted by Gasteiger charge is 2.26. The quantitative estimate of drug-likeness (QED) is 0.347. The van der Waals surface area contributed by atoms with Crippen molar-refractivity contribution in [3.05, 3.63) is 76.0 Å². The SMILES string of the molecule is COc1ccc(CCN(Cc2cccs2)C(=O)CN(C(=O)c2ccccc2OC)C(C)C)cc1OC. The van der Waals surface area contributed by atoms with Crippen molar-refractivity contribution in [2.24, 2.45) is 0 Å². The van der Waals surface area contributed by atoms with Gasteiger partial charge in [0.1, 0.15) is 12.3 Å². The Morgan fingerprint density at radius 3 is 2.25 bits per heavy atom. The fraction of sp³-hybridized carbons (Fsp3) is 0.357. The maximum Gasteiger partial charge on any atom is 0.258 e. The number of benzene rings is 2. The van der Waals surface area contributed by atoms with E-state index < -0.39 is 0 Å². The van der Waals surface area contributed by atoms with E-state index in [4.69, 9.17) is 14.2 Å². The largest absolute Gasteiger partial charge is 0.496 e. The zero-order chi connectivity index (χ0) is 26.1. The van der Waals surface area contributed by atoms with Crippen molar-refractivity contribution < 1.29 is 23.8 Å². The molecule has 0 saturated heterocycles. The number of thiophene rings is 1. The lowest BCUT2D eigenvalue weighted by Crippen LogP contribution is -2.46. The summed E-state index contributed by atoms with van der Waals surface area (Å²) in [6.45, 7) is 4.78. The molecule has 0 unspecified atom stereocenters. The highest BCUT2D eigenvalue weighted by molar-refractivity contribution is 7.09. The van der Waals surface area contributed by atoms with Crippen LogP contribution in [0.25, 0.3) is 0 Å². The summed E-state index contributed by atoms with van der Waals surface area (Å²) in [5.41, 5.74) is 1.47. The molecule has 0 atom stereocenters. The van der Waals surface area contributed by atoms with Crippen LogP contribution in [0.2, 0.25) is 0 Å². The number of nitrogens with zero attached hydrogens (tertiary/aromatic N) is 2. The van der Waals surface area contributed by atoms with Crippen molar-refractivity contribution in [3.63, 3.8) is 0 Å². The fourth-order valence-corrected chi connectivity index (χ4v) is 4.61. The van der Waals surface area contributed by atoms with Crippen molar-refractivity contribution in [2.75, 3.05) is 34.4 Å².